The van der Waals surface area contributed by atoms with Crippen LogP contribution >= 0.6 is 12.2 Å². The second-order valence-corrected chi connectivity index (χ2v) is 6.79. The van der Waals surface area contributed by atoms with E-state index in [9.17, 15) is 4.79 Å². The zero-order chi connectivity index (χ0) is 21.2. The molecule has 9 heteroatoms. The normalized spacial score (nSPS) is 13.7. The highest BCUT2D eigenvalue weighted by atomic mass is 32.1. The number of hydrogen-bond acceptors (Lipinski definition) is 6. The Morgan fingerprint density at radius 2 is 1.97 bits per heavy atom. The number of carbonyl (C=O) groups excluding carboxylic acids is 1. The number of benzene rings is 2. The highest BCUT2D eigenvalue weighted by Crippen LogP contribution is 2.27. The molecule has 0 aromatic heterocycles. The van der Waals surface area contributed by atoms with Gasteiger partial charge in [0.15, 0.2) is 23.2 Å². The molecule has 0 spiro atoms. The topological polar surface area (TPSA) is 84.4 Å². The molecular formula is C21H24N4O4S. The summed E-state index contributed by atoms with van der Waals surface area (Å²) < 4.78 is 16.3. The van der Waals surface area contributed by atoms with Gasteiger partial charge in [0.05, 0.1) is 26.5 Å². The van der Waals surface area contributed by atoms with Crippen LogP contribution < -0.4 is 20.2 Å². The number of amides is 1. The van der Waals surface area contributed by atoms with Crippen molar-refractivity contribution in [2.45, 2.75) is 0 Å². The Bertz CT molecular complexity index is 886. The fraction of sp³-hybridized carbons (Fsp3) is 0.286. The van der Waals surface area contributed by atoms with Gasteiger partial charge in [-0.15, -0.1) is 0 Å². The van der Waals surface area contributed by atoms with Crippen molar-refractivity contribution in [2.24, 2.45) is 5.10 Å². The summed E-state index contributed by atoms with van der Waals surface area (Å²) >= 11 is 5.21. The van der Waals surface area contributed by atoms with Gasteiger partial charge in [-0.05, 0) is 48.1 Å². The number of nitrogens with zero attached hydrogens (tertiary/aromatic N) is 2. The quantitative estimate of drug-likeness (QED) is 0.398. The van der Waals surface area contributed by atoms with Gasteiger partial charge < -0.3 is 24.4 Å². The Labute approximate surface area is 180 Å². The Morgan fingerprint density at radius 3 is 2.70 bits per heavy atom. The standard InChI is InChI=1S/C21H24N4O4S/c1-27-19-13-16(14-22-24-21(30)23-17-5-3-2-4-6-17)7-8-18(19)29-15-20(26)25-9-11-28-12-10-25/h2-8,13-14H,9-12,15H2,1H3,(H2,23,24,30)/b22-14+. The Balaban J connectivity index is 1.52. The molecule has 1 saturated heterocycles. The zero-order valence-electron chi connectivity index (χ0n) is 16.7. The highest BCUT2D eigenvalue weighted by molar-refractivity contribution is 7.80. The molecule has 1 heterocycles. The number of hydrogen-bond donors (Lipinski definition) is 2. The summed E-state index contributed by atoms with van der Waals surface area (Å²) in [5.41, 5.74) is 4.43. The zero-order valence-corrected chi connectivity index (χ0v) is 17.5. The monoisotopic (exact) mass is 428 g/mol. The van der Waals surface area contributed by atoms with Crippen molar-refractivity contribution in [3.05, 3.63) is 54.1 Å². The fourth-order valence-electron chi connectivity index (χ4n) is 2.77. The number of rotatable bonds is 7. The summed E-state index contributed by atoms with van der Waals surface area (Å²) in [7, 11) is 1.55. The Kier molecular flexibility index (Phi) is 7.99. The van der Waals surface area contributed by atoms with Gasteiger partial charge in [-0.2, -0.15) is 5.10 Å². The van der Waals surface area contributed by atoms with Gasteiger partial charge in [0.1, 0.15) is 0 Å². The van der Waals surface area contributed by atoms with E-state index in [4.69, 9.17) is 26.4 Å². The molecule has 0 atom stereocenters. The van der Waals surface area contributed by atoms with E-state index < -0.39 is 0 Å². The number of para-hydroxylation sites is 1. The predicted molar refractivity (Wildman–Crippen MR) is 119 cm³/mol. The van der Waals surface area contributed by atoms with Gasteiger partial charge in [0.2, 0.25) is 0 Å². The first-order chi connectivity index (χ1) is 14.7. The molecule has 2 N–H and O–H groups in total. The minimum Gasteiger partial charge on any atom is -0.493 e. The molecular weight excluding hydrogens is 404 g/mol. The second-order valence-electron chi connectivity index (χ2n) is 6.38. The van der Waals surface area contributed by atoms with E-state index in [0.717, 1.165) is 11.3 Å². The van der Waals surface area contributed by atoms with Crippen LogP contribution in [0.15, 0.2) is 53.6 Å². The van der Waals surface area contributed by atoms with Gasteiger partial charge in [-0.1, -0.05) is 18.2 Å². The van der Waals surface area contributed by atoms with Gasteiger partial charge in [0.25, 0.3) is 5.91 Å². The maximum atomic E-state index is 12.2. The van der Waals surface area contributed by atoms with Crippen LogP contribution in [0.3, 0.4) is 0 Å². The van der Waals surface area contributed by atoms with E-state index in [0.29, 0.717) is 42.9 Å². The van der Waals surface area contributed by atoms with E-state index in [1.807, 2.05) is 36.4 Å². The Morgan fingerprint density at radius 1 is 1.20 bits per heavy atom. The number of methoxy groups -OCH3 is 1. The van der Waals surface area contributed by atoms with Crippen LogP contribution in [0.4, 0.5) is 5.69 Å². The second kappa shape index (κ2) is 11.1. The number of ether oxygens (including phenoxy) is 3. The fourth-order valence-corrected chi connectivity index (χ4v) is 2.94. The van der Waals surface area contributed by atoms with Crippen molar-refractivity contribution in [3.63, 3.8) is 0 Å². The van der Waals surface area contributed by atoms with Crippen molar-refractivity contribution in [1.82, 2.24) is 10.3 Å². The lowest BCUT2D eigenvalue weighted by molar-refractivity contribution is -0.137. The SMILES string of the molecule is COc1cc(/C=N/NC(=S)Nc2ccccc2)ccc1OCC(=O)N1CCOCC1. The summed E-state index contributed by atoms with van der Waals surface area (Å²) in [4.78, 5) is 14.0. The molecule has 1 aliphatic heterocycles. The predicted octanol–water partition coefficient (Wildman–Crippen LogP) is 2.25. The van der Waals surface area contributed by atoms with Gasteiger partial charge >= 0.3 is 0 Å². The number of thiocarbonyl (C=S) groups is 1. The molecule has 2 aromatic carbocycles. The molecule has 0 aliphatic carbocycles. The molecule has 0 unspecified atom stereocenters. The first-order valence-electron chi connectivity index (χ1n) is 9.47. The van der Waals surface area contributed by atoms with E-state index in [2.05, 4.69) is 15.8 Å². The van der Waals surface area contributed by atoms with Crippen LogP contribution in [0.2, 0.25) is 0 Å². The maximum absolute atomic E-state index is 12.2. The van der Waals surface area contributed by atoms with Crippen LogP contribution in [0.5, 0.6) is 11.5 Å². The lowest BCUT2D eigenvalue weighted by Gasteiger charge is -2.26. The van der Waals surface area contributed by atoms with Crippen LogP contribution in [0.25, 0.3) is 0 Å². The molecule has 1 aliphatic rings. The summed E-state index contributed by atoms with van der Waals surface area (Å²) in [6.07, 6.45) is 1.62. The number of carbonyl (C=O) groups is 1. The lowest BCUT2D eigenvalue weighted by Crippen LogP contribution is -2.43. The third kappa shape index (κ3) is 6.43. The van der Waals surface area contributed by atoms with Crippen molar-refractivity contribution in [1.29, 1.82) is 0 Å². The van der Waals surface area contributed by atoms with Crippen LogP contribution in [0, 0.1) is 0 Å². The van der Waals surface area contributed by atoms with E-state index >= 15 is 0 Å². The molecule has 1 amide bonds. The van der Waals surface area contributed by atoms with Crippen LogP contribution in [-0.2, 0) is 9.53 Å². The summed E-state index contributed by atoms with van der Waals surface area (Å²) in [6, 6.07) is 14.9. The average molecular weight is 429 g/mol. The molecule has 158 valence electrons. The number of anilines is 1. The number of hydrazone groups is 1. The molecule has 30 heavy (non-hydrogen) atoms. The molecule has 0 radical (unpaired) electrons. The number of morpholine rings is 1. The number of nitrogens with one attached hydrogen (secondary N) is 2. The third-order valence-corrected chi connectivity index (χ3v) is 4.51. The third-order valence-electron chi connectivity index (χ3n) is 4.31. The Hall–Kier alpha value is -3.17. The summed E-state index contributed by atoms with van der Waals surface area (Å²) in [5, 5.41) is 7.54. The van der Waals surface area contributed by atoms with Crippen molar-refractivity contribution in [2.75, 3.05) is 45.3 Å². The molecule has 3 rings (SSSR count). The maximum Gasteiger partial charge on any atom is 0.260 e. The van der Waals surface area contributed by atoms with Crippen molar-refractivity contribution >= 4 is 35.1 Å². The molecule has 1 fully saturated rings. The molecule has 0 bridgehead atoms. The van der Waals surface area contributed by atoms with Crippen LogP contribution in [0.1, 0.15) is 5.56 Å². The average Bonchev–Trinajstić information content (AvgIpc) is 2.79. The van der Waals surface area contributed by atoms with E-state index in [-0.39, 0.29) is 12.5 Å². The largest absolute Gasteiger partial charge is 0.493 e. The van der Waals surface area contributed by atoms with Crippen LogP contribution in [-0.4, -0.2) is 62.2 Å². The van der Waals surface area contributed by atoms with Gasteiger partial charge in [0, 0.05) is 18.8 Å². The van der Waals surface area contributed by atoms with Gasteiger partial charge in [-0.3, -0.25) is 10.2 Å². The van der Waals surface area contributed by atoms with Gasteiger partial charge in [-0.25, -0.2) is 0 Å². The first kappa shape index (κ1) is 21.5. The summed E-state index contributed by atoms with van der Waals surface area (Å²) in [5.74, 6) is 0.929. The summed E-state index contributed by atoms with van der Waals surface area (Å²) in [6.45, 7) is 2.24. The first-order valence-corrected chi connectivity index (χ1v) is 9.88. The van der Waals surface area contributed by atoms with E-state index in [1.165, 1.54) is 0 Å². The molecule has 8 nitrogen and oxygen atoms in total. The van der Waals surface area contributed by atoms with Crippen molar-refractivity contribution < 1.29 is 19.0 Å². The van der Waals surface area contributed by atoms with E-state index in [1.54, 1.807) is 30.4 Å². The molecule has 0 saturated carbocycles. The minimum atomic E-state index is -0.0744. The lowest BCUT2D eigenvalue weighted by atomic mass is 10.2. The van der Waals surface area contributed by atoms with Crippen molar-refractivity contribution in [3.8, 4) is 11.5 Å². The molecule has 2 aromatic rings. The smallest absolute Gasteiger partial charge is 0.260 e. The minimum absolute atomic E-state index is 0.0508. The highest BCUT2D eigenvalue weighted by Gasteiger charge is 2.18.